The van der Waals surface area contributed by atoms with Crippen molar-refractivity contribution >= 4 is 11.9 Å². The van der Waals surface area contributed by atoms with Crippen molar-refractivity contribution in [3.63, 3.8) is 0 Å². The smallest absolute Gasteiger partial charge is 0.337 e. The Kier molecular flexibility index (Phi) is 5.43. The number of para-hydroxylation sites is 1. The normalized spacial score (nSPS) is 10.3. The van der Waals surface area contributed by atoms with Crippen LogP contribution in [0.15, 0.2) is 67.0 Å². The fraction of sp³-hybridized carbons (Fsp3) is 0.150. The molecule has 3 aromatic rings. The lowest BCUT2D eigenvalue weighted by Crippen LogP contribution is -2.24. The number of hydrogen-bond acceptors (Lipinski definition) is 4. The Labute approximate surface area is 151 Å². The highest BCUT2D eigenvalue weighted by Gasteiger charge is 2.08. The highest BCUT2D eigenvalue weighted by molar-refractivity contribution is 5.89. The largest absolute Gasteiger partial charge is 0.465 e. The lowest BCUT2D eigenvalue weighted by molar-refractivity contribution is -0.120. The van der Waals surface area contributed by atoms with Crippen LogP contribution >= 0.6 is 0 Å². The van der Waals surface area contributed by atoms with Crippen molar-refractivity contribution in [3.8, 4) is 5.69 Å². The van der Waals surface area contributed by atoms with Gasteiger partial charge in [-0.15, -0.1) is 0 Å². The van der Waals surface area contributed by atoms with Gasteiger partial charge in [-0.2, -0.15) is 5.10 Å². The van der Waals surface area contributed by atoms with Crippen LogP contribution in [0.1, 0.15) is 21.5 Å². The number of amides is 1. The molecule has 6 heteroatoms. The van der Waals surface area contributed by atoms with Gasteiger partial charge in [0, 0.05) is 12.7 Å². The number of hydrogen-bond donors (Lipinski definition) is 1. The van der Waals surface area contributed by atoms with Gasteiger partial charge in [-0.25, -0.2) is 9.48 Å². The van der Waals surface area contributed by atoms with E-state index in [9.17, 15) is 9.59 Å². The van der Waals surface area contributed by atoms with Crippen LogP contribution in [0.5, 0.6) is 0 Å². The first-order valence-corrected chi connectivity index (χ1v) is 8.18. The molecule has 0 unspecified atom stereocenters. The van der Waals surface area contributed by atoms with Crippen LogP contribution in [0.2, 0.25) is 0 Å². The molecule has 132 valence electrons. The van der Waals surface area contributed by atoms with E-state index in [1.165, 1.54) is 7.11 Å². The first-order valence-electron chi connectivity index (χ1n) is 8.18. The molecule has 1 amide bonds. The molecule has 3 rings (SSSR count). The molecule has 0 saturated heterocycles. The average molecular weight is 349 g/mol. The Bertz CT molecular complexity index is 886. The molecule has 0 spiro atoms. The molecular weight excluding hydrogens is 330 g/mol. The SMILES string of the molecule is COC(=O)c1ccc(CNC(=O)Cc2cnn(-c3ccccc3)c2)cc1. The quantitative estimate of drug-likeness (QED) is 0.694. The zero-order valence-electron chi connectivity index (χ0n) is 14.4. The minimum Gasteiger partial charge on any atom is -0.465 e. The predicted molar refractivity (Wildman–Crippen MR) is 96.9 cm³/mol. The zero-order valence-corrected chi connectivity index (χ0v) is 14.4. The van der Waals surface area contributed by atoms with Crippen molar-refractivity contribution in [2.45, 2.75) is 13.0 Å². The number of nitrogens with one attached hydrogen (secondary N) is 1. The summed E-state index contributed by atoms with van der Waals surface area (Å²) in [5.74, 6) is -0.467. The number of nitrogens with zero attached hydrogens (tertiary/aromatic N) is 2. The molecule has 0 radical (unpaired) electrons. The average Bonchev–Trinajstić information content (AvgIpc) is 3.15. The van der Waals surface area contributed by atoms with E-state index >= 15 is 0 Å². The van der Waals surface area contributed by atoms with Crippen LogP contribution in [0.25, 0.3) is 5.69 Å². The van der Waals surface area contributed by atoms with Crippen LogP contribution in [0, 0.1) is 0 Å². The molecule has 1 heterocycles. The maximum absolute atomic E-state index is 12.1. The highest BCUT2D eigenvalue weighted by atomic mass is 16.5. The summed E-state index contributed by atoms with van der Waals surface area (Å²) in [6.45, 7) is 0.396. The number of benzene rings is 2. The molecule has 0 bridgehead atoms. The van der Waals surface area contributed by atoms with E-state index in [0.717, 1.165) is 16.8 Å². The van der Waals surface area contributed by atoms with Gasteiger partial charge in [0.1, 0.15) is 0 Å². The Hall–Kier alpha value is -3.41. The Morgan fingerprint density at radius 1 is 1.04 bits per heavy atom. The van der Waals surface area contributed by atoms with Crippen LogP contribution in [0.3, 0.4) is 0 Å². The number of esters is 1. The molecule has 0 atom stereocenters. The van der Waals surface area contributed by atoms with Gasteiger partial charge >= 0.3 is 5.97 Å². The van der Waals surface area contributed by atoms with E-state index in [4.69, 9.17) is 0 Å². The van der Waals surface area contributed by atoms with E-state index in [2.05, 4.69) is 15.2 Å². The van der Waals surface area contributed by atoms with Gasteiger partial charge in [-0.05, 0) is 35.4 Å². The van der Waals surface area contributed by atoms with Gasteiger partial charge in [0.15, 0.2) is 0 Å². The fourth-order valence-corrected chi connectivity index (χ4v) is 2.50. The lowest BCUT2D eigenvalue weighted by Gasteiger charge is -2.05. The maximum atomic E-state index is 12.1. The summed E-state index contributed by atoms with van der Waals surface area (Å²) >= 11 is 0. The summed E-state index contributed by atoms with van der Waals surface area (Å²) in [5.41, 5.74) is 3.18. The molecule has 0 aliphatic rings. The summed E-state index contributed by atoms with van der Waals surface area (Å²) in [7, 11) is 1.34. The molecule has 0 aliphatic heterocycles. The van der Waals surface area contributed by atoms with Gasteiger partial charge in [0.25, 0.3) is 0 Å². The van der Waals surface area contributed by atoms with Crippen molar-refractivity contribution in [2.24, 2.45) is 0 Å². The molecule has 6 nitrogen and oxygen atoms in total. The van der Waals surface area contributed by atoms with E-state index in [0.29, 0.717) is 12.1 Å². The van der Waals surface area contributed by atoms with Gasteiger partial charge in [0.2, 0.25) is 5.91 Å². The monoisotopic (exact) mass is 349 g/mol. The maximum Gasteiger partial charge on any atom is 0.337 e. The van der Waals surface area contributed by atoms with E-state index in [1.54, 1.807) is 35.1 Å². The third-order valence-corrected chi connectivity index (χ3v) is 3.89. The summed E-state index contributed by atoms with van der Waals surface area (Å²) < 4.78 is 6.40. The van der Waals surface area contributed by atoms with Crippen molar-refractivity contribution < 1.29 is 14.3 Å². The van der Waals surface area contributed by atoms with Crippen LogP contribution in [0.4, 0.5) is 0 Å². The van der Waals surface area contributed by atoms with Gasteiger partial charge in [-0.1, -0.05) is 30.3 Å². The van der Waals surface area contributed by atoms with Crippen LogP contribution < -0.4 is 5.32 Å². The van der Waals surface area contributed by atoms with Crippen molar-refractivity contribution in [3.05, 3.63) is 83.7 Å². The second-order valence-electron chi connectivity index (χ2n) is 5.77. The molecule has 1 N–H and O–H groups in total. The first kappa shape index (κ1) is 17.4. The minimum absolute atomic E-state index is 0.0883. The van der Waals surface area contributed by atoms with Crippen molar-refractivity contribution in [1.82, 2.24) is 15.1 Å². The molecule has 0 fully saturated rings. The highest BCUT2D eigenvalue weighted by Crippen LogP contribution is 2.09. The molecule has 2 aromatic carbocycles. The standard InChI is InChI=1S/C20H19N3O3/c1-26-20(25)17-9-7-15(8-10-17)12-21-19(24)11-16-13-22-23(14-16)18-5-3-2-4-6-18/h2-10,13-14H,11-12H2,1H3,(H,21,24). The second kappa shape index (κ2) is 8.11. The number of carbonyl (C=O) groups is 2. The van der Waals surface area contributed by atoms with E-state index in [1.807, 2.05) is 36.5 Å². The number of aromatic nitrogens is 2. The third kappa shape index (κ3) is 4.36. The van der Waals surface area contributed by atoms with Crippen molar-refractivity contribution in [2.75, 3.05) is 7.11 Å². The molecule has 0 saturated carbocycles. The van der Waals surface area contributed by atoms with Crippen LogP contribution in [-0.4, -0.2) is 28.8 Å². The Balaban J connectivity index is 1.53. The molecule has 26 heavy (non-hydrogen) atoms. The Morgan fingerprint density at radius 2 is 1.77 bits per heavy atom. The van der Waals surface area contributed by atoms with Gasteiger partial charge < -0.3 is 10.1 Å². The topological polar surface area (TPSA) is 73.2 Å². The second-order valence-corrected chi connectivity index (χ2v) is 5.77. The third-order valence-electron chi connectivity index (χ3n) is 3.89. The predicted octanol–water partition coefficient (Wildman–Crippen LogP) is 2.52. The summed E-state index contributed by atoms with van der Waals surface area (Å²) in [5, 5.41) is 7.15. The van der Waals surface area contributed by atoms with Gasteiger partial charge in [-0.3, -0.25) is 4.79 Å². The van der Waals surface area contributed by atoms with Crippen LogP contribution in [-0.2, 0) is 22.5 Å². The number of methoxy groups -OCH3 is 1. The summed E-state index contributed by atoms with van der Waals surface area (Å²) in [6, 6.07) is 16.7. The van der Waals surface area contributed by atoms with E-state index < -0.39 is 0 Å². The van der Waals surface area contributed by atoms with Crippen molar-refractivity contribution in [1.29, 1.82) is 0 Å². The van der Waals surface area contributed by atoms with Gasteiger partial charge in [0.05, 0.1) is 31.0 Å². The summed E-state index contributed by atoms with van der Waals surface area (Å²) in [6.07, 6.45) is 3.80. The molecule has 1 aromatic heterocycles. The minimum atomic E-state index is -0.379. The Morgan fingerprint density at radius 3 is 2.46 bits per heavy atom. The lowest BCUT2D eigenvalue weighted by atomic mass is 10.1. The summed E-state index contributed by atoms with van der Waals surface area (Å²) in [4.78, 5) is 23.5. The number of ether oxygens (including phenoxy) is 1. The number of rotatable bonds is 6. The molecular formula is C20H19N3O3. The van der Waals surface area contributed by atoms with E-state index in [-0.39, 0.29) is 18.3 Å². The first-order chi connectivity index (χ1) is 12.7. The molecule has 0 aliphatic carbocycles. The zero-order chi connectivity index (χ0) is 18.4. The fourth-order valence-electron chi connectivity index (χ4n) is 2.50. The number of carbonyl (C=O) groups excluding carboxylic acids is 2.